The van der Waals surface area contributed by atoms with Crippen LogP contribution in [0.2, 0.25) is 0 Å². The summed E-state index contributed by atoms with van der Waals surface area (Å²) in [4.78, 5) is 55.6. The average molecular weight is 1250 g/mol. The number of carboxylic acid groups (broad SMARTS) is 2. The standard InChI is InChI=1S/C42H30As4O10S8/c47-27-5-1-19-31(20-2-6-28(48)34(44-59-11-12-60-44)38(20)55-37(19)33(27)43-57-9-10-58-43)23-17-26(42(53)54)24(18-25(23)41(51)52)32-21-3-7-29(49)35(45-61-13-14-62-45)39(21)56-40-22(32)4-8-30(50)36(40)46-63-15-16-64-46/h1-8,17-18,47,49H,9-16H2,(H,51,52)(H,53,54). The van der Waals surface area contributed by atoms with Gasteiger partial charge in [0.2, 0.25) is 0 Å². The maximum absolute atomic E-state index is 13.9. The summed E-state index contributed by atoms with van der Waals surface area (Å²) in [5.41, 5.74) is 2.25. The van der Waals surface area contributed by atoms with Gasteiger partial charge in [-0.1, -0.05) is 0 Å². The number of hydrogen-bond donors (Lipinski definition) is 4. The second-order valence-corrected chi connectivity index (χ2v) is 60.8. The van der Waals surface area contributed by atoms with Crippen molar-refractivity contribution in [3.05, 3.63) is 92.2 Å². The predicted molar refractivity (Wildman–Crippen MR) is 281 cm³/mol. The molecule has 11 rings (SSSR count). The molecule has 8 aliphatic rings. The molecule has 4 N–H and O–H groups in total. The van der Waals surface area contributed by atoms with E-state index in [-0.39, 0.29) is 44.6 Å². The second-order valence-electron chi connectivity index (χ2n) is 14.4. The third-order valence-electron chi connectivity index (χ3n) is 10.8. The van der Waals surface area contributed by atoms with Gasteiger partial charge in [0, 0.05) is 0 Å². The van der Waals surface area contributed by atoms with Crippen molar-refractivity contribution in [3.63, 3.8) is 0 Å². The summed E-state index contributed by atoms with van der Waals surface area (Å²) in [5, 5.41) is 46.7. The zero-order valence-corrected chi connectivity index (χ0v) is 46.8. The number of rotatable bonds is 8. The SMILES string of the molecule is O=C(O)c1cc(-c2c3ccc(=O)c([As]4SCCS4)c-3oc3c([As]4SCCS4)c(O)ccc23)c(C(=O)O)cc1-c1c2ccc(=O)c([As]3SCCS3)c-2oc2c([As]3SCCS3)c(O)ccc12. The van der Waals surface area contributed by atoms with Crippen LogP contribution in [-0.2, 0) is 0 Å². The molecule has 3 aromatic rings. The zero-order chi connectivity index (χ0) is 44.0. The first-order chi connectivity index (χ1) is 31.1. The number of phenols is 2. The molecule has 2 aliphatic carbocycles. The molecule has 0 amide bonds. The van der Waals surface area contributed by atoms with Crippen molar-refractivity contribution in [2.24, 2.45) is 0 Å². The minimum absolute atomic E-state index is 0.0836. The van der Waals surface area contributed by atoms with Crippen LogP contribution >= 0.6 is 80.2 Å². The van der Waals surface area contributed by atoms with Gasteiger partial charge in [-0.2, -0.15) is 0 Å². The van der Waals surface area contributed by atoms with Crippen molar-refractivity contribution in [1.82, 2.24) is 0 Å². The summed E-state index contributed by atoms with van der Waals surface area (Å²) in [7, 11) is 14.4. The number of benzene rings is 5. The second kappa shape index (κ2) is 18.5. The van der Waals surface area contributed by atoms with Gasteiger partial charge >= 0.3 is 414 Å². The number of hydrogen-bond acceptors (Lipinski definition) is 16. The van der Waals surface area contributed by atoms with E-state index in [1.165, 1.54) is 24.3 Å². The van der Waals surface area contributed by atoms with Gasteiger partial charge in [0.25, 0.3) is 0 Å². The Balaban J connectivity index is 1.25. The summed E-state index contributed by atoms with van der Waals surface area (Å²) in [6, 6.07) is 15.8. The van der Waals surface area contributed by atoms with E-state index in [4.69, 9.17) is 8.83 Å². The Labute approximate surface area is 409 Å². The molecule has 0 unspecified atom stereocenters. The number of carbonyl (C=O) groups is 2. The number of fused-ring (bicyclic) bond motifs is 4. The van der Waals surface area contributed by atoms with E-state index < -0.39 is 61.3 Å². The molecule has 4 fully saturated rings. The third-order valence-corrected chi connectivity index (χ3v) is 65.2. The van der Waals surface area contributed by atoms with Gasteiger partial charge in [-0.05, 0) is 0 Å². The fourth-order valence-electron chi connectivity index (χ4n) is 8.20. The number of phenolic OH excluding ortho intramolecular Hbond substituents is 2. The minimum atomic E-state index is -2.05. The molecule has 10 nitrogen and oxygen atoms in total. The fraction of sp³-hybridized carbons (Fsp3) is 0.190. The summed E-state index contributed by atoms with van der Waals surface area (Å²) in [5.74, 6) is 5.58. The number of aromatic hydroxyl groups is 2. The van der Waals surface area contributed by atoms with Gasteiger partial charge in [-0.3, -0.25) is 0 Å². The molecular weight excluding hydrogens is 1220 g/mol. The van der Waals surface area contributed by atoms with Crippen molar-refractivity contribution in [2.45, 2.75) is 0 Å². The molecule has 0 bridgehead atoms. The monoisotopic (exact) mass is 1250 g/mol. The van der Waals surface area contributed by atoms with Crippen molar-refractivity contribution in [2.75, 3.05) is 46.0 Å². The van der Waals surface area contributed by atoms with Crippen molar-refractivity contribution in [1.29, 1.82) is 0 Å². The van der Waals surface area contributed by atoms with E-state index in [0.717, 1.165) is 46.0 Å². The summed E-state index contributed by atoms with van der Waals surface area (Å²) in [6.45, 7) is 0. The van der Waals surface area contributed by atoms with Crippen molar-refractivity contribution >= 4 is 181 Å². The Hall–Kier alpha value is -1.39. The molecule has 0 atom stereocenters. The molecule has 0 radical (unpaired) electrons. The van der Waals surface area contributed by atoms with Crippen molar-refractivity contribution < 1.29 is 38.8 Å². The Bertz CT molecular complexity index is 2950. The predicted octanol–water partition coefficient (Wildman–Crippen LogP) is 6.95. The van der Waals surface area contributed by atoms with Crippen LogP contribution in [0.4, 0.5) is 0 Å². The topological polar surface area (TPSA) is 175 Å². The van der Waals surface area contributed by atoms with E-state index in [2.05, 4.69) is 0 Å². The van der Waals surface area contributed by atoms with E-state index in [1.807, 2.05) is 40.1 Å². The summed E-state index contributed by atoms with van der Waals surface area (Å²) < 4.78 is 16.3. The van der Waals surface area contributed by atoms with Crippen LogP contribution in [0.3, 0.4) is 0 Å². The van der Waals surface area contributed by atoms with Crippen molar-refractivity contribution in [3.8, 4) is 56.4 Å². The van der Waals surface area contributed by atoms with Crippen LogP contribution < -0.4 is 28.3 Å². The first kappa shape index (κ1) is 45.1. The van der Waals surface area contributed by atoms with Gasteiger partial charge in [0.15, 0.2) is 0 Å². The quantitative estimate of drug-likeness (QED) is 0.0908. The van der Waals surface area contributed by atoms with Gasteiger partial charge in [0.05, 0.1) is 0 Å². The Kier molecular flexibility index (Phi) is 13.0. The summed E-state index contributed by atoms with van der Waals surface area (Å²) >= 11 is -8.09. The zero-order valence-electron chi connectivity index (χ0n) is 32.7. The fourth-order valence-corrected chi connectivity index (χ4v) is 67.4. The first-order valence-corrected chi connectivity index (χ1v) is 49.2. The van der Waals surface area contributed by atoms with Crippen LogP contribution in [0.15, 0.2) is 79.1 Å². The molecule has 22 heteroatoms. The van der Waals surface area contributed by atoms with Gasteiger partial charge in [0.1, 0.15) is 0 Å². The van der Waals surface area contributed by atoms with Crippen LogP contribution in [0.5, 0.6) is 11.5 Å². The Morgan fingerprint density at radius 1 is 0.453 bits per heavy atom. The molecule has 6 heterocycles. The molecule has 0 aromatic heterocycles. The van der Waals surface area contributed by atoms with Crippen LogP contribution in [-0.4, -0.2) is 128 Å². The Morgan fingerprint density at radius 2 is 0.781 bits per heavy atom. The molecule has 64 heavy (non-hydrogen) atoms. The van der Waals surface area contributed by atoms with E-state index in [9.17, 15) is 39.6 Å². The number of aromatic carboxylic acids is 2. The maximum atomic E-state index is 13.9. The van der Waals surface area contributed by atoms with Gasteiger partial charge < -0.3 is 0 Å². The van der Waals surface area contributed by atoms with Crippen LogP contribution in [0.25, 0.3) is 66.8 Å². The molecule has 0 spiro atoms. The van der Waals surface area contributed by atoms with Crippen LogP contribution in [0.1, 0.15) is 20.7 Å². The Morgan fingerprint density at radius 3 is 1.11 bits per heavy atom. The molecule has 0 saturated carbocycles. The molecule has 4 saturated heterocycles. The van der Waals surface area contributed by atoms with E-state index in [1.54, 1.807) is 76.5 Å². The van der Waals surface area contributed by atoms with Crippen LogP contribution in [0, 0.1) is 0 Å². The molecule has 6 aliphatic heterocycles. The van der Waals surface area contributed by atoms with Gasteiger partial charge in [-0.25, -0.2) is 0 Å². The average Bonchev–Trinajstić information content (AvgIpc) is 4.14. The number of carboxylic acids is 2. The third kappa shape index (κ3) is 7.76. The van der Waals surface area contributed by atoms with E-state index in [0.29, 0.717) is 73.1 Å². The normalized spacial score (nSPS) is 17.9. The van der Waals surface area contributed by atoms with E-state index >= 15 is 0 Å². The first-order valence-electron chi connectivity index (χ1n) is 19.5. The molecule has 3 aromatic carbocycles. The molecular formula is C42H30As4O10S8. The van der Waals surface area contributed by atoms with Gasteiger partial charge in [-0.15, -0.1) is 0 Å². The molecule has 326 valence electrons. The summed E-state index contributed by atoms with van der Waals surface area (Å²) in [6.07, 6.45) is 0.